The minimum Gasteiger partial charge on any atom is -0.493 e. The maximum absolute atomic E-state index is 12.1. The fraction of sp³-hybridized carbons (Fsp3) is 0.571. The minimum absolute atomic E-state index is 0.0468. The third-order valence-corrected chi connectivity index (χ3v) is 5.15. The number of piperidine rings is 1. The van der Waals surface area contributed by atoms with Crippen molar-refractivity contribution in [2.75, 3.05) is 40.0 Å². The van der Waals surface area contributed by atoms with Crippen molar-refractivity contribution >= 4 is 5.91 Å². The zero-order chi connectivity index (χ0) is 21.3. The van der Waals surface area contributed by atoms with Gasteiger partial charge in [0, 0.05) is 26.2 Å². The van der Waals surface area contributed by atoms with Crippen LogP contribution in [0.3, 0.4) is 0 Å². The maximum Gasteiger partial charge on any atom is 0.273 e. The number of benzene rings is 1. The summed E-state index contributed by atoms with van der Waals surface area (Å²) in [6.45, 7) is 5.68. The molecule has 1 aromatic heterocycles. The Morgan fingerprint density at radius 1 is 1.37 bits per heavy atom. The van der Waals surface area contributed by atoms with Crippen molar-refractivity contribution in [3.63, 3.8) is 0 Å². The molecule has 1 amide bonds. The molecule has 30 heavy (non-hydrogen) atoms. The predicted molar refractivity (Wildman–Crippen MR) is 112 cm³/mol. The van der Waals surface area contributed by atoms with Gasteiger partial charge < -0.3 is 19.9 Å². The Balaban J connectivity index is 1.61. The number of nitrogens with zero attached hydrogens (tertiary/aromatic N) is 4. The average Bonchev–Trinajstić information content (AvgIpc) is 3.25. The molecule has 2 N–H and O–H groups in total. The second-order valence-corrected chi connectivity index (χ2v) is 7.37. The summed E-state index contributed by atoms with van der Waals surface area (Å²) in [5.74, 6) is 1.24. The quantitative estimate of drug-likeness (QED) is 0.567. The van der Waals surface area contributed by atoms with Crippen molar-refractivity contribution < 1.29 is 19.4 Å². The van der Waals surface area contributed by atoms with E-state index in [1.165, 1.54) is 5.56 Å². The molecule has 0 saturated carbocycles. The summed E-state index contributed by atoms with van der Waals surface area (Å²) < 4.78 is 12.9. The van der Waals surface area contributed by atoms with E-state index in [0.717, 1.165) is 44.0 Å². The normalized spacial score (nSPS) is 17.0. The van der Waals surface area contributed by atoms with Gasteiger partial charge in [-0.15, -0.1) is 5.10 Å². The largest absolute Gasteiger partial charge is 0.493 e. The number of hydrogen-bond acceptors (Lipinski definition) is 7. The molecule has 1 atom stereocenters. The number of carbonyl (C=O) groups is 1. The van der Waals surface area contributed by atoms with Crippen molar-refractivity contribution in [2.45, 2.75) is 38.8 Å². The van der Waals surface area contributed by atoms with Crippen molar-refractivity contribution in [3.05, 3.63) is 35.7 Å². The highest BCUT2D eigenvalue weighted by Crippen LogP contribution is 2.29. The van der Waals surface area contributed by atoms with E-state index < -0.39 is 0 Å². The van der Waals surface area contributed by atoms with E-state index in [1.54, 1.807) is 18.0 Å². The van der Waals surface area contributed by atoms with Gasteiger partial charge in [0.25, 0.3) is 5.91 Å². The molecule has 1 unspecified atom stereocenters. The van der Waals surface area contributed by atoms with Crippen LogP contribution in [0.1, 0.15) is 48.3 Å². The highest BCUT2D eigenvalue weighted by Gasteiger charge is 2.24. The van der Waals surface area contributed by atoms with Crippen LogP contribution in [0.15, 0.2) is 24.4 Å². The van der Waals surface area contributed by atoms with Crippen LogP contribution >= 0.6 is 0 Å². The van der Waals surface area contributed by atoms with Crippen LogP contribution in [-0.4, -0.2) is 70.9 Å². The molecule has 0 aliphatic carbocycles. The molecule has 3 rings (SSSR count). The number of hydrogen-bond donors (Lipinski definition) is 2. The summed E-state index contributed by atoms with van der Waals surface area (Å²) in [6, 6.07) is 6.22. The summed E-state index contributed by atoms with van der Waals surface area (Å²) in [5, 5.41) is 19.8. The smallest absolute Gasteiger partial charge is 0.273 e. The predicted octanol–water partition coefficient (Wildman–Crippen LogP) is 1.63. The molecule has 0 radical (unpaired) electrons. The third-order valence-electron chi connectivity index (χ3n) is 5.15. The van der Waals surface area contributed by atoms with Gasteiger partial charge >= 0.3 is 0 Å². The van der Waals surface area contributed by atoms with E-state index in [2.05, 4.69) is 26.6 Å². The first kappa shape index (κ1) is 22.0. The fourth-order valence-corrected chi connectivity index (χ4v) is 3.67. The Bertz CT molecular complexity index is 825. The van der Waals surface area contributed by atoms with Gasteiger partial charge in [0.1, 0.15) is 0 Å². The third kappa shape index (κ3) is 5.70. The minimum atomic E-state index is -0.260. The SMILES string of the molecule is CCOc1cc(CN2CCCC(n3cc(C(=O)NCCCO)nn3)C2)ccc1OC. The highest BCUT2D eigenvalue weighted by molar-refractivity contribution is 5.91. The summed E-state index contributed by atoms with van der Waals surface area (Å²) >= 11 is 0. The number of methoxy groups -OCH3 is 1. The van der Waals surface area contributed by atoms with Gasteiger partial charge in [0.05, 0.1) is 26.0 Å². The van der Waals surface area contributed by atoms with E-state index in [-0.39, 0.29) is 18.6 Å². The summed E-state index contributed by atoms with van der Waals surface area (Å²) in [4.78, 5) is 14.5. The van der Waals surface area contributed by atoms with Crippen LogP contribution in [0.5, 0.6) is 11.5 Å². The summed E-state index contributed by atoms with van der Waals surface area (Å²) in [5.41, 5.74) is 1.48. The van der Waals surface area contributed by atoms with E-state index in [4.69, 9.17) is 14.6 Å². The van der Waals surface area contributed by atoms with Crippen molar-refractivity contribution in [3.8, 4) is 11.5 Å². The lowest BCUT2D eigenvalue weighted by atomic mass is 10.0. The molecule has 9 nitrogen and oxygen atoms in total. The standard InChI is InChI=1S/C21H31N5O4/c1-3-30-20-12-16(7-8-19(20)29-2)13-25-10-4-6-17(14-25)26-15-18(23-24-26)21(28)22-9-5-11-27/h7-8,12,15,17,27H,3-6,9-11,13-14H2,1-2H3,(H,22,28). The van der Waals surface area contributed by atoms with Gasteiger partial charge in [0.2, 0.25) is 0 Å². The van der Waals surface area contributed by atoms with Crippen LogP contribution in [0.25, 0.3) is 0 Å². The Hall–Kier alpha value is -2.65. The molecule has 1 saturated heterocycles. The van der Waals surface area contributed by atoms with Crippen molar-refractivity contribution in [1.82, 2.24) is 25.2 Å². The lowest BCUT2D eigenvalue weighted by Gasteiger charge is -2.32. The van der Waals surface area contributed by atoms with E-state index in [9.17, 15) is 4.79 Å². The zero-order valence-corrected chi connectivity index (χ0v) is 17.7. The molecule has 0 bridgehead atoms. The number of nitrogens with one attached hydrogen (secondary N) is 1. The molecule has 1 aliphatic rings. The molecule has 1 aliphatic heterocycles. The van der Waals surface area contributed by atoms with Gasteiger partial charge in [-0.25, -0.2) is 4.68 Å². The number of ether oxygens (including phenoxy) is 2. The molecule has 164 valence electrons. The lowest BCUT2D eigenvalue weighted by Crippen LogP contribution is -2.36. The van der Waals surface area contributed by atoms with Crippen LogP contribution in [-0.2, 0) is 6.54 Å². The van der Waals surface area contributed by atoms with Gasteiger partial charge in [-0.2, -0.15) is 0 Å². The van der Waals surface area contributed by atoms with Crippen LogP contribution in [0.2, 0.25) is 0 Å². The second kappa shape index (κ2) is 10.9. The number of aliphatic hydroxyl groups excluding tert-OH is 1. The first-order valence-corrected chi connectivity index (χ1v) is 10.5. The first-order chi connectivity index (χ1) is 14.6. The molecular formula is C21H31N5O4. The number of aliphatic hydroxyl groups is 1. The summed E-state index contributed by atoms with van der Waals surface area (Å²) in [7, 11) is 1.64. The molecule has 0 spiro atoms. The fourth-order valence-electron chi connectivity index (χ4n) is 3.67. The molecule has 1 fully saturated rings. The molecule has 2 aromatic rings. The number of likely N-dealkylation sites (tertiary alicyclic amines) is 1. The van der Waals surface area contributed by atoms with E-state index in [1.807, 2.05) is 19.1 Å². The van der Waals surface area contributed by atoms with Gasteiger partial charge in [-0.1, -0.05) is 11.3 Å². The molecule has 2 heterocycles. The second-order valence-electron chi connectivity index (χ2n) is 7.37. The Kier molecular flexibility index (Phi) is 8.04. The molecular weight excluding hydrogens is 386 g/mol. The number of carbonyl (C=O) groups excluding carboxylic acids is 1. The van der Waals surface area contributed by atoms with Gasteiger partial charge in [0.15, 0.2) is 17.2 Å². The maximum atomic E-state index is 12.1. The summed E-state index contributed by atoms with van der Waals surface area (Å²) in [6.07, 6.45) is 4.28. The average molecular weight is 418 g/mol. The van der Waals surface area contributed by atoms with Crippen molar-refractivity contribution in [2.24, 2.45) is 0 Å². The van der Waals surface area contributed by atoms with Gasteiger partial charge in [-0.3, -0.25) is 9.69 Å². The van der Waals surface area contributed by atoms with Crippen LogP contribution in [0.4, 0.5) is 0 Å². The number of aromatic nitrogens is 3. The molecule has 1 aromatic carbocycles. The van der Waals surface area contributed by atoms with Gasteiger partial charge in [-0.05, 0) is 50.4 Å². The van der Waals surface area contributed by atoms with E-state index >= 15 is 0 Å². The Morgan fingerprint density at radius 2 is 2.23 bits per heavy atom. The lowest BCUT2D eigenvalue weighted by molar-refractivity contribution is 0.0946. The van der Waals surface area contributed by atoms with Crippen LogP contribution in [0, 0.1) is 0 Å². The first-order valence-electron chi connectivity index (χ1n) is 10.5. The van der Waals surface area contributed by atoms with Crippen molar-refractivity contribution in [1.29, 1.82) is 0 Å². The topological polar surface area (TPSA) is 102 Å². The highest BCUT2D eigenvalue weighted by atomic mass is 16.5. The number of rotatable bonds is 10. The Labute approximate surface area is 177 Å². The van der Waals surface area contributed by atoms with Crippen LogP contribution < -0.4 is 14.8 Å². The van der Waals surface area contributed by atoms with E-state index in [0.29, 0.717) is 25.3 Å². The Morgan fingerprint density at radius 3 is 3.00 bits per heavy atom. The molecule has 9 heteroatoms. The number of amides is 1. The zero-order valence-electron chi connectivity index (χ0n) is 17.7. The monoisotopic (exact) mass is 417 g/mol.